The van der Waals surface area contributed by atoms with Crippen molar-refractivity contribution in [2.45, 2.75) is 25.4 Å². The van der Waals surface area contributed by atoms with Gasteiger partial charge in [0.2, 0.25) is 11.8 Å². The SMILES string of the molecule is O=c1[nH]c(O)c(C=c2cnn3c(=NC4CC4)nc(NCc4ccc(F)cc4-c4ccsc4)nc23)[nH]1. The van der Waals surface area contributed by atoms with Crippen LogP contribution in [0.15, 0.2) is 51.0 Å². The van der Waals surface area contributed by atoms with Crippen LogP contribution in [0.3, 0.4) is 0 Å². The smallest absolute Gasteiger partial charge is 0.326 e. The van der Waals surface area contributed by atoms with Crippen LogP contribution in [0.25, 0.3) is 22.9 Å². The number of imidazole rings is 1. The molecule has 0 aliphatic heterocycles. The number of anilines is 1. The van der Waals surface area contributed by atoms with E-state index >= 15 is 0 Å². The van der Waals surface area contributed by atoms with Crippen molar-refractivity contribution in [2.75, 3.05) is 5.32 Å². The van der Waals surface area contributed by atoms with Gasteiger partial charge in [0.1, 0.15) is 11.5 Å². The summed E-state index contributed by atoms with van der Waals surface area (Å²) in [7, 11) is 0. The molecule has 4 heterocycles. The molecule has 35 heavy (non-hydrogen) atoms. The highest BCUT2D eigenvalue weighted by Gasteiger charge is 2.21. The Kier molecular flexibility index (Phi) is 5.14. The maximum Gasteiger partial charge on any atom is 0.326 e. The number of rotatable bonds is 6. The maximum absolute atomic E-state index is 14.0. The van der Waals surface area contributed by atoms with Gasteiger partial charge in [-0.2, -0.15) is 30.9 Å². The molecule has 176 valence electrons. The highest BCUT2D eigenvalue weighted by molar-refractivity contribution is 7.08. The van der Waals surface area contributed by atoms with Crippen molar-refractivity contribution < 1.29 is 9.50 Å². The number of benzene rings is 1. The number of thiophene rings is 1. The first kappa shape index (κ1) is 21.2. The molecule has 12 heteroatoms. The number of aromatic amines is 2. The van der Waals surface area contributed by atoms with Crippen molar-refractivity contribution in [2.24, 2.45) is 4.99 Å². The fraction of sp³-hybridized carbons (Fsp3) is 0.174. The van der Waals surface area contributed by atoms with Crippen LogP contribution in [0.2, 0.25) is 0 Å². The second-order valence-corrected chi connectivity index (χ2v) is 8.98. The molecule has 0 radical (unpaired) electrons. The quantitative estimate of drug-likeness (QED) is 0.287. The van der Waals surface area contributed by atoms with E-state index in [0.29, 0.717) is 29.0 Å². The first-order valence-electron chi connectivity index (χ1n) is 10.9. The zero-order valence-corrected chi connectivity index (χ0v) is 19.0. The molecule has 1 saturated carbocycles. The highest BCUT2D eigenvalue weighted by Crippen LogP contribution is 2.27. The molecule has 0 saturated heterocycles. The molecule has 4 N–H and O–H groups in total. The summed E-state index contributed by atoms with van der Waals surface area (Å²) < 4.78 is 15.5. The van der Waals surface area contributed by atoms with E-state index in [1.165, 1.54) is 16.6 Å². The molecule has 0 amide bonds. The van der Waals surface area contributed by atoms with E-state index in [0.717, 1.165) is 29.5 Å². The third-order valence-corrected chi connectivity index (χ3v) is 6.28. The lowest BCUT2D eigenvalue weighted by atomic mass is 10.0. The number of halogens is 1. The molecule has 6 rings (SSSR count). The number of aromatic nitrogens is 6. The van der Waals surface area contributed by atoms with Crippen LogP contribution in [-0.4, -0.2) is 40.7 Å². The summed E-state index contributed by atoms with van der Waals surface area (Å²) in [5.41, 5.74) is 3.19. The molecule has 0 atom stereocenters. The minimum absolute atomic E-state index is 0.199. The monoisotopic (exact) mass is 490 g/mol. The Hall–Kier alpha value is -4.32. The lowest BCUT2D eigenvalue weighted by Gasteiger charge is -2.10. The predicted octanol–water partition coefficient (Wildman–Crippen LogP) is 1.94. The third kappa shape index (κ3) is 4.30. The van der Waals surface area contributed by atoms with Gasteiger partial charge in [-0.1, -0.05) is 6.07 Å². The van der Waals surface area contributed by atoms with Gasteiger partial charge >= 0.3 is 5.69 Å². The number of fused-ring (bicyclic) bond motifs is 1. The van der Waals surface area contributed by atoms with Crippen molar-refractivity contribution in [1.82, 2.24) is 29.5 Å². The van der Waals surface area contributed by atoms with Crippen LogP contribution < -0.4 is 21.8 Å². The predicted molar refractivity (Wildman–Crippen MR) is 128 cm³/mol. The van der Waals surface area contributed by atoms with Crippen LogP contribution in [-0.2, 0) is 6.54 Å². The number of nitrogens with one attached hydrogen (secondary N) is 3. The Morgan fingerprint density at radius 3 is 2.91 bits per heavy atom. The Balaban J connectivity index is 1.41. The molecule has 1 aromatic carbocycles. The molecule has 4 aromatic heterocycles. The summed E-state index contributed by atoms with van der Waals surface area (Å²) in [5, 5.41) is 22.0. The first-order chi connectivity index (χ1) is 17.0. The van der Waals surface area contributed by atoms with Gasteiger partial charge in [0.05, 0.1) is 12.2 Å². The Labute approximate surface area is 200 Å². The second kappa shape index (κ2) is 8.47. The molecule has 10 nitrogen and oxygen atoms in total. The fourth-order valence-corrected chi connectivity index (χ4v) is 4.38. The van der Waals surface area contributed by atoms with Crippen LogP contribution in [0.5, 0.6) is 5.88 Å². The zero-order chi connectivity index (χ0) is 23.9. The van der Waals surface area contributed by atoms with E-state index < -0.39 is 5.69 Å². The molecular weight excluding hydrogens is 471 g/mol. The lowest BCUT2D eigenvalue weighted by molar-refractivity contribution is 0.454. The van der Waals surface area contributed by atoms with Gasteiger partial charge in [-0.25, -0.2) is 14.2 Å². The Morgan fingerprint density at radius 2 is 2.17 bits per heavy atom. The molecule has 1 aliphatic carbocycles. The first-order valence-corrected chi connectivity index (χ1v) is 11.9. The number of H-pyrrole nitrogens is 2. The van der Waals surface area contributed by atoms with E-state index in [1.54, 1.807) is 29.7 Å². The summed E-state index contributed by atoms with van der Waals surface area (Å²) in [6.07, 6.45) is 5.13. The van der Waals surface area contributed by atoms with Gasteiger partial charge in [0.15, 0.2) is 5.65 Å². The van der Waals surface area contributed by atoms with Crippen LogP contribution in [0.1, 0.15) is 24.1 Å². The molecule has 0 unspecified atom stereocenters. The van der Waals surface area contributed by atoms with Crippen molar-refractivity contribution in [3.05, 3.63) is 79.6 Å². The Morgan fingerprint density at radius 1 is 1.29 bits per heavy atom. The zero-order valence-electron chi connectivity index (χ0n) is 18.2. The summed E-state index contributed by atoms with van der Waals surface area (Å²) in [5.74, 6) is -0.245. The van der Waals surface area contributed by atoms with Gasteiger partial charge in [0, 0.05) is 11.8 Å². The molecule has 5 aromatic rings. The van der Waals surface area contributed by atoms with Gasteiger partial charge in [-0.3, -0.25) is 4.98 Å². The molecular formula is C23H19FN8O2S. The van der Waals surface area contributed by atoms with Crippen molar-refractivity contribution in [3.8, 4) is 17.0 Å². The van der Waals surface area contributed by atoms with Gasteiger partial charge in [-0.15, -0.1) is 0 Å². The van der Waals surface area contributed by atoms with Crippen molar-refractivity contribution in [3.63, 3.8) is 0 Å². The number of aromatic hydroxyl groups is 1. The molecule has 0 spiro atoms. The highest BCUT2D eigenvalue weighted by atomic mass is 32.1. The summed E-state index contributed by atoms with van der Waals surface area (Å²) in [4.78, 5) is 30.1. The second-order valence-electron chi connectivity index (χ2n) is 8.20. The van der Waals surface area contributed by atoms with Crippen molar-refractivity contribution in [1.29, 1.82) is 0 Å². The standard InChI is InChI=1S/C23H19FN8O2S/c24-15-2-1-12(17(8-15)13-5-6-35-11-13)9-25-21-29-19-14(7-18-20(33)30-23(34)28-18)10-26-32(19)22(31-21)27-16-3-4-16/h1-2,5-8,10-11,16,33H,3-4,9H2,(H,25,27,31)(H2,28,30,34). The minimum atomic E-state index is -0.521. The Bertz CT molecular complexity index is 1720. The average molecular weight is 491 g/mol. The van der Waals surface area contributed by atoms with E-state index in [4.69, 9.17) is 0 Å². The minimum Gasteiger partial charge on any atom is -0.493 e. The number of hydrogen-bond donors (Lipinski definition) is 4. The third-order valence-electron chi connectivity index (χ3n) is 5.60. The molecule has 1 fully saturated rings. The van der Waals surface area contributed by atoms with Crippen LogP contribution in [0.4, 0.5) is 10.3 Å². The lowest BCUT2D eigenvalue weighted by Crippen LogP contribution is -2.24. The van der Waals surface area contributed by atoms with Crippen LogP contribution in [0, 0.1) is 5.82 Å². The number of nitrogens with zero attached hydrogens (tertiary/aromatic N) is 5. The summed E-state index contributed by atoms with van der Waals surface area (Å²) in [6.45, 7) is 0.365. The van der Waals surface area contributed by atoms with Gasteiger partial charge in [-0.05, 0) is 64.6 Å². The average Bonchev–Trinajstić information content (AvgIpc) is 3.19. The van der Waals surface area contributed by atoms with Crippen molar-refractivity contribution >= 4 is 29.0 Å². The normalized spacial score (nSPS) is 14.8. The van der Waals surface area contributed by atoms with Crippen LogP contribution >= 0.6 is 11.3 Å². The molecule has 0 bridgehead atoms. The fourth-order valence-electron chi connectivity index (χ4n) is 3.72. The van der Waals surface area contributed by atoms with Gasteiger partial charge < -0.3 is 15.4 Å². The summed E-state index contributed by atoms with van der Waals surface area (Å²) >= 11 is 1.55. The van der Waals surface area contributed by atoms with E-state index in [2.05, 4.69) is 35.3 Å². The summed E-state index contributed by atoms with van der Waals surface area (Å²) in [6, 6.07) is 6.84. The van der Waals surface area contributed by atoms with E-state index in [1.807, 2.05) is 16.8 Å². The van der Waals surface area contributed by atoms with E-state index in [9.17, 15) is 14.3 Å². The largest absolute Gasteiger partial charge is 0.493 e. The maximum atomic E-state index is 14.0. The topological polar surface area (TPSA) is 136 Å². The number of hydrogen-bond acceptors (Lipinski definition) is 8. The van der Waals surface area contributed by atoms with Gasteiger partial charge in [0.25, 0.3) is 5.62 Å². The molecule has 1 aliphatic rings. The van der Waals surface area contributed by atoms with E-state index in [-0.39, 0.29) is 23.4 Å².